The number of carbonyl (C=O) groups excluding carboxylic acids is 1. The zero-order valence-corrected chi connectivity index (χ0v) is 25.4. The van der Waals surface area contributed by atoms with Gasteiger partial charge in [0.1, 0.15) is 22.9 Å². The van der Waals surface area contributed by atoms with E-state index in [-0.39, 0.29) is 0 Å². The van der Waals surface area contributed by atoms with E-state index in [1.807, 2.05) is 95.2 Å². The second kappa shape index (κ2) is 12.2. The van der Waals surface area contributed by atoms with Gasteiger partial charge in [-0.25, -0.2) is 9.78 Å². The van der Waals surface area contributed by atoms with Crippen LogP contribution in [0.25, 0.3) is 10.8 Å². The van der Waals surface area contributed by atoms with E-state index in [9.17, 15) is 9.36 Å². The number of amides is 1. The fraction of sp³-hybridized carbons (Fsp3) is 0.290. The maximum Gasteiger partial charge on any atom is 0.412 e. The van der Waals surface area contributed by atoms with Crippen LogP contribution in [0.2, 0.25) is 0 Å². The molecule has 10 heteroatoms. The largest absolute Gasteiger partial charge is 0.457 e. The van der Waals surface area contributed by atoms with Crippen molar-refractivity contribution in [1.82, 2.24) is 4.98 Å². The minimum absolute atomic E-state index is 0.371. The maximum atomic E-state index is 13.1. The molecule has 0 saturated heterocycles. The van der Waals surface area contributed by atoms with Gasteiger partial charge in [-0.2, -0.15) is 0 Å². The van der Waals surface area contributed by atoms with Crippen molar-refractivity contribution in [3.8, 4) is 11.5 Å². The monoisotopic (exact) mass is 576 g/mol. The summed E-state index contributed by atoms with van der Waals surface area (Å²) in [6.07, 6.45) is 1.14. The van der Waals surface area contributed by atoms with Crippen LogP contribution in [0.4, 0.5) is 27.7 Å². The topological polar surface area (TPSA) is 102 Å². The number of fused-ring (bicyclic) bond motifs is 1. The van der Waals surface area contributed by atoms with Gasteiger partial charge in [0.15, 0.2) is 0 Å². The van der Waals surface area contributed by atoms with Crippen molar-refractivity contribution in [2.45, 2.75) is 33.3 Å². The van der Waals surface area contributed by atoms with Crippen molar-refractivity contribution in [3.05, 3.63) is 72.9 Å². The molecule has 1 heterocycles. The molecule has 216 valence electrons. The third kappa shape index (κ3) is 7.57. The molecule has 0 spiro atoms. The van der Waals surface area contributed by atoms with Crippen LogP contribution in [0.1, 0.15) is 27.7 Å². The highest BCUT2D eigenvalue weighted by atomic mass is 31.2. The smallest absolute Gasteiger partial charge is 0.412 e. The van der Waals surface area contributed by atoms with Crippen LogP contribution in [0.15, 0.2) is 72.9 Å². The van der Waals surface area contributed by atoms with Gasteiger partial charge in [0, 0.05) is 49.5 Å². The molecule has 3 aromatic carbocycles. The summed E-state index contributed by atoms with van der Waals surface area (Å²) >= 11 is 0. The van der Waals surface area contributed by atoms with Gasteiger partial charge in [0.05, 0.1) is 23.3 Å². The van der Waals surface area contributed by atoms with Gasteiger partial charge >= 0.3 is 6.09 Å². The van der Waals surface area contributed by atoms with Crippen LogP contribution < -0.4 is 25.6 Å². The van der Waals surface area contributed by atoms with Crippen molar-refractivity contribution in [1.29, 1.82) is 0 Å². The van der Waals surface area contributed by atoms with Crippen molar-refractivity contribution in [2.24, 2.45) is 0 Å². The standard InChI is InChI=1S/C31H37N4O5P/c1-8-38-41(7,37)28-16-13-21(19-26(28)35(5)6)33-29-20-22(17-18-32-29)39-27-15-14-25(23-11-9-10-12-24(23)27)34-30(36)40-31(2,3)4/h9-20H,8H2,1-7H3,(H,32,33)(H,34,36). The molecular formula is C31H37N4O5P. The van der Waals surface area contributed by atoms with E-state index in [2.05, 4.69) is 15.6 Å². The zero-order chi connectivity index (χ0) is 29.8. The van der Waals surface area contributed by atoms with Gasteiger partial charge in [-0.1, -0.05) is 24.3 Å². The molecule has 41 heavy (non-hydrogen) atoms. The second-order valence-electron chi connectivity index (χ2n) is 10.7. The van der Waals surface area contributed by atoms with Crippen molar-refractivity contribution >= 4 is 52.4 Å². The molecule has 4 aromatic rings. The summed E-state index contributed by atoms with van der Waals surface area (Å²) in [7, 11) is 0.843. The highest BCUT2D eigenvalue weighted by Crippen LogP contribution is 2.44. The lowest BCUT2D eigenvalue weighted by atomic mass is 10.1. The Morgan fingerprint density at radius 2 is 1.73 bits per heavy atom. The number of hydrogen-bond donors (Lipinski definition) is 2. The molecule has 0 aliphatic rings. The Morgan fingerprint density at radius 1 is 1.00 bits per heavy atom. The van der Waals surface area contributed by atoms with Crippen molar-refractivity contribution < 1.29 is 23.4 Å². The van der Waals surface area contributed by atoms with Gasteiger partial charge in [-0.05, 0) is 64.1 Å². The molecule has 4 rings (SSSR count). The number of nitrogens with zero attached hydrogens (tertiary/aromatic N) is 2. The molecule has 2 N–H and O–H groups in total. The zero-order valence-electron chi connectivity index (χ0n) is 24.5. The average molecular weight is 577 g/mol. The average Bonchev–Trinajstić information content (AvgIpc) is 2.89. The first kappa shape index (κ1) is 29.9. The van der Waals surface area contributed by atoms with Crippen molar-refractivity contribution in [2.75, 3.05) is 42.9 Å². The molecule has 1 aromatic heterocycles. The van der Waals surface area contributed by atoms with E-state index in [1.54, 1.807) is 31.1 Å². The van der Waals surface area contributed by atoms with Crippen molar-refractivity contribution in [3.63, 3.8) is 0 Å². The summed E-state index contributed by atoms with van der Waals surface area (Å²) < 4.78 is 30.4. The number of anilines is 4. The number of nitrogens with one attached hydrogen (secondary N) is 2. The molecule has 0 aliphatic heterocycles. The Hall–Kier alpha value is -4.07. The lowest BCUT2D eigenvalue weighted by molar-refractivity contribution is 0.0636. The Morgan fingerprint density at radius 3 is 2.41 bits per heavy atom. The Balaban J connectivity index is 1.57. The molecular weight excluding hydrogens is 539 g/mol. The fourth-order valence-electron chi connectivity index (χ4n) is 4.32. The van der Waals surface area contributed by atoms with Gasteiger partial charge in [0.25, 0.3) is 0 Å². The predicted molar refractivity (Wildman–Crippen MR) is 167 cm³/mol. The first-order valence-corrected chi connectivity index (χ1v) is 15.4. The first-order valence-electron chi connectivity index (χ1n) is 13.3. The number of benzene rings is 3. The number of carbonyl (C=O) groups is 1. The Bertz CT molecular complexity index is 1600. The van der Waals surface area contributed by atoms with E-state index in [0.29, 0.717) is 34.9 Å². The number of ether oxygens (including phenoxy) is 2. The molecule has 1 amide bonds. The third-order valence-electron chi connectivity index (χ3n) is 6.02. The van der Waals surface area contributed by atoms with E-state index < -0.39 is 19.1 Å². The van der Waals surface area contributed by atoms with Crippen LogP contribution in [-0.4, -0.2) is 44.0 Å². The van der Waals surface area contributed by atoms with Gasteiger partial charge < -0.3 is 24.2 Å². The highest BCUT2D eigenvalue weighted by Gasteiger charge is 2.24. The normalized spacial score (nSPS) is 12.9. The van der Waals surface area contributed by atoms with E-state index in [1.165, 1.54) is 0 Å². The maximum absolute atomic E-state index is 13.1. The summed E-state index contributed by atoms with van der Waals surface area (Å²) in [6.45, 7) is 9.30. The molecule has 0 radical (unpaired) electrons. The van der Waals surface area contributed by atoms with Gasteiger partial charge in [0.2, 0.25) is 7.37 Å². The molecule has 1 atom stereocenters. The molecule has 0 saturated carbocycles. The summed E-state index contributed by atoms with van der Waals surface area (Å²) in [5.41, 5.74) is 1.60. The van der Waals surface area contributed by atoms with Crippen LogP contribution in [0.3, 0.4) is 0 Å². The summed E-state index contributed by atoms with van der Waals surface area (Å²) in [4.78, 5) is 18.7. The number of pyridine rings is 1. The highest BCUT2D eigenvalue weighted by molar-refractivity contribution is 7.66. The minimum Gasteiger partial charge on any atom is -0.457 e. The van der Waals surface area contributed by atoms with Crippen LogP contribution >= 0.6 is 7.37 Å². The first-order chi connectivity index (χ1) is 19.4. The van der Waals surface area contributed by atoms with Crippen LogP contribution in [0, 0.1) is 0 Å². The Labute approximate surface area is 241 Å². The number of rotatable bonds is 9. The molecule has 9 nitrogen and oxygen atoms in total. The van der Waals surface area contributed by atoms with Gasteiger partial charge in [-0.15, -0.1) is 0 Å². The second-order valence-corrected chi connectivity index (χ2v) is 13.2. The predicted octanol–water partition coefficient (Wildman–Crippen LogP) is 7.75. The lowest BCUT2D eigenvalue weighted by Crippen LogP contribution is -2.27. The van der Waals surface area contributed by atoms with Crippen LogP contribution in [0.5, 0.6) is 11.5 Å². The minimum atomic E-state index is -2.96. The third-order valence-corrected chi connectivity index (χ3v) is 8.03. The quantitative estimate of drug-likeness (QED) is 0.195. The number of hydrogen-bond acceptors (Lipinski definition) is 8. The van der Waals surface area contributed by atoms with E-state index in [0.717, 1.165) is 22.1 Å². The molecule has 0 fully saturated rings. The molecule has 1 unspecified atom stereocenters. The molecule has 0 bridgehead atoms. The van der Waals surface area contributed by atoms with Crippen LogP contribution in [-0.2, 0) is 13.8 Å². The number of aromatic nitrogens is 1. The fourth-order valence-corrected chi connectivity index (χ4v) is 5.98. The summed E-state index contributed by atoms with van der Waals surface area (Å²) in [5, 5.41) is 8.46. The molecule has 0 aliphatic carbocycles. The van der Waals surface area contributed by atoms with E-state index >= 15 is 0 Å². The SMILES string of the molecule is CCOP(C)(=O)c1ccc(Nc2cc(Oc3ccc(NC(=O)OC(C)(C)C)c4ccccc34)ccn2)cc1N(C)C. The summed E-state index contributed by atoms with van der Waals surface area (Å²) in [6, 6.07) is 20.5. The summed E-state index contributed by atoms with van der Waals surface area (Å²) in [5.74, 6) is 1.79. The lowest BCUT2D eigenvalue weighted by Gasteiger charge is -2.23. The van der Waals surface area contributed by atoms with Gasteiger partial charge in [-0.3, -0.25) is 9.88 Å². The Kier molecular flexibility index (Phi) is 8.90. The van der Waals surface area contributed by atoms with E-state index in [4.69, 9.17) is 14.0 Å².